The predicted octanol–water partition coefficient (Wildman–Crippen LogP) is 5.34. The number of aromatic nitrogens is 2. The Hall–Kier alpha value is -3.46. The van der Waals surface area contributed by atoms with Crippen molar-refractivity contribution in [2.24, 2.45) is 5.92 Å². The molecule has 40 heavy (non-hydrogen) atoms. The standard InChI is InChI=1S/C31H38N4O4S.H2/c1-21(2)13-18-34-29(37)27(40-30(34)23-9-11-25(39-3)12-10-23)19-28(36)33-16-14-24(15-17-33)35-20-26(32-31(35)38)22-7-5-4-6-8-22;/h4-12,20-21,24,27,30H,13-19H2,1-3H3,(H,32,38);1H. The molecule has 2 unspecified atom stereocenters. The number of methoxy groups -OCH3 is 1. The number of nitrogens with one attached hydrogen (secondary N) is 1. The number of likely N-dealkylation sites (tertiary alicyclic amines) is 1. The quantitative estimate of drug-likeness (QED) is 0.379. The molecule has 3 aromatic rings. The van der Waals surface area contributed by atoms with E-state index in [1.54, 1.807) is 23.4 Å². The molecule has 0 saturated carbocycles. The van der Waals surface area contributed by atoms with Crippen molar-refractivity contribution in [2.75, 3.05) is 26.7 Å². The number of rotatable bonds is 9. The molecule has 2 fully saturated rings. The van der Waals surface area contributed by atoms with Gasteiger partial charge in [0.2, 0.25) is 11.8 Å². The molecule has 0 bridgehead atoms. The second-order valence-electron chi connectivity index (χ2n) is 11.0. The van der Waals surface area contributed by atoms with Crippen LogP contribution in [0.1, 0.15) is 57.9 Å². The molecule has 2 aromatic carbocycles. The van der Waals surface area contributed by atoms with Gasteiger partial charge in [0.1, 0.15) is 11.1 Å². The third kappa shape index (κ3) is 6.14. The molecule has 2 atom stereocenters. The van der Waals surface area contributed by atoms with E-state index < -0.39 is 5.25 Å². The van der Waals surface area contributed by atoms with Crippen LogP contribution in [0.5, 0.6) is 5.75 Å². The topological polar surface area (TPSA) is 87.6 Å². The van der Waals surface area contributed by atoms with Gasteiger partial charge in [0.15, 0.2) is 0 Å². The van der Waals surface area contributed by atoms with Gasteiger partial charge in [-0.05, 0) is 48.4 Å². The average Bonchev–Trinajstić information content (AvgIpc) is 3.51. The van der Waals surface area contributed by atoms with Crippen molar-refractivity contribution in [2.45, 2.75) is 56.2 Å². The molecule has 2 aliphatic rings. The number of thioether (sulfide) groups is 1. The van der Waals surface area contributed by atoms with Gasteiger partial charge in [-0.25, -0.2) is 4.79 Å². The molecule has 8 nitrogen and oxygen atoms in total. The zero-order chi connectivity index (χ0) is 28.2. The zero-order valence-electron chi connectivity index (χ0n) is 23.4. The summed E-state index contributed by atoms with van der Waals surface area (Å²) in [7, 11) is 1.64. The van der Waals surface area contributed by atoms with E-state index in [4.69, 9.17) is 4.74 Å². The van der Waals surface area contributed by atoms with Crippen molar-refractivity contribution in [3.05, 3.63) is 76.8 Å². The van der Waals surface area contributed by atoms with E-state index in [0.29, 0.717) is 38.4 Å². The van der Waals surface area contributed by atoms with Crippen LogP contribution < -0.4 is 10.4 Å². The highest BCUT2D eigenvalue weighted by Gasteiger charge is 2.42. The molecular formula is C31H40N4O4S. The normalized spacial score (nSPS) is 19.9. The number of H-pyrrole nitrogens is 1. The summed E-state index contributed by atoms with van der Waals surface area (Å²) in [5.74, 6) is 1.31. The number of imidazole rings is 1. The summed E-state index contributed by atoms with van der Waals surface area (Å²) in [6.07, 6.45) is 4.41. The minimum absolute atomic E-state index is 0. The number of carbonyl (C=O) groups excluding carboxylic acids is 2. The van der Waals surface area contributed by atoms with Crippen LogP contribution in [0.3, 0.4) is 0 Å². The van der Waals surface area contributed by atoms with E-state index in [9.17, 15) is 14.4 Å². The van der Waals surface area contributed by atoms with Crippen molar-refractivity contribution in [1.82, 2.24) is 19.4 Å². The molecule has 5 rings (SSSR count). The predicted molar refractivity (Wildman–Crippen MR) is 160 cm³/mol. The highest BCUT2D eigenvalue weighted by Crippen LogP contribution is 2.45. The van der Waals surface area contributed by atoms with Gasteiger partial charge in [-0.15, -0.1) is 11.8 Å². The summed E-state index contributed by atoms with van der Waals surface area (Å²) in [6, 6.07) is 17.7. The Labute approximate surface area is 241 Å². The van der Waals surface area contributed by atoms with Crippen LogP contribution in [0.2, 0.25) is 0 Å². The van der Waals surface area contributed by atoms with Crippen molar-refractivity contribution in [1.29, 1.82) is 0 Å². The molecule has 2 amide bonds. The van der Waals surface area contributed by atoms with E-state index in [-0.39, 0.29) is 36.8 Å². The number of carbonyl (C=O) groups is 2. The summed E-state index contributed by atoms with van der Waals surface area (Å²) in [4.78, 5) is 46.3. The van der Waals surface area contributed by atoms with Gasteiger partial charge < -0.3 is 19.5 Å². The Morgan fingerprint density at radius 3 is 2.42 bits per heavy atom. The van der Waals surface area contributed by atoms with E-state index in [1.807, 2.05) is 70.6 Å². The summed E-state index contributed by atoms with van der Waals surface area (Å²) >= 11 is 1.58. The van der Waals surface area contributed by atoms with Crippen LogP contribution in [0, 0.1) is 5.92 Å². The van der Waals surface area contributed by atoms with Crippen molar-refractivity contribution < 1.29 is 15.8 Å². The molecule has 1 aromatic heterocycles. The van der Waals surface area contributed by atoms with Gasteiger partial charge >= 0.3 is 5.69 Å². The zero-order valence-corrected chi connectivity index (χ0v) is 24.2. The number of benzene rings is 2. The van der Waals surface area contributed by atoms with Crippen LogP contribution in [-0.4, -0.2) is 63.2 Å². The lowest BCUT2D eigenvalue weighted by Gasteiger charge is -2.32. The maximum Gasteiger partial charge on any atom is 0.326 e. The first-order chi connectivity index (χ1) is 19.3. The second-order valence-corrected chi connectivity index (χ2v) is 12.3. The number of amides is 2. The fourth-order valence-corrected chi connectivity index (χ4v) is 6.97. The second kappa shape index (κ2) is 12.4. The molecular weight excluding hydrogens is 524 g/mol. The lowest BCUT2D eigenvalue weighted by molar-refractivity contribution is -0.136. The molecule has 0 aliphatic carbocycles. The van der Waals surface area contributed by atoms with Crippen LogP contribution in [-0.2, 0) is 9.59 Å². The minimum Gasteiger partial charge on any atom is -0.497 e. The van der Waals surface area contributed by atoms with E-state index >= 15 is 0 Å². The molecule has 214 valence electrons. The van der Waals surface area contributed by atoms with E-state index in [0.717, 1.165) is 29.0 Å². The monoisotopic (exact) mass is 564 g/mol. The number of ether oxygens (including phenoxy) is 1. The highest BCUT2D eigenvalue weighted by molar-refractivity contribution is 8.01. The maximum absolute atomic E-state index is 13.5. The molecule has 2 saturated heterocycles. The number of nitrogens with zero attached hydrogens (tertiary/aromatic N) is 3. The maximum atomic E-state index is 13.5. The first-order valence-corrected chi connectivity index (χ1v) is 15.0. The largest absolute Gasteiger partial charge is 0.497 e. The SMILES string of the molecule is COc1ccc(C2SC(CC(=O)N3CCC(n4cc(-c5ccccc5)[nH]c4=O)CC3)C(=O)N2CCC(C)C)cc1.[HH]. The molecule has 0 spiro atoms. The Kier molecular flexibility index (Phi) is 8.69. The summed E-state index contributed by atoms with van der Waals surface area (Å²) in [5, 5.41) is -0.509. The van der Waals surface area contributed by atoms with Crippen molar-refractivity contribution in [3.63, 3.8) is 0 Å². The van der Waals surface area contributed by atoms with E-state index in [1.165, 1.54) is 0 Å². The summed E-state index contributed by atoms with van der Waals surface area (Å²) < 4.78 is 7.08. The van der Waals surface area contributed by atoms with Gasteiger partial charge in [0, 0.05) is 39.7 Å². The van der Waals surface area contributed by atoms with Crippen molar-refractivity contribution in [3.8, 4) is 17.0 Å². The summed E-state index contributed by atoms with van der Waals surface area (Å²) in [6.45, 7) is 6.14. The molecule has 0 radical (unpaired) electrons. The first kappa shape index (κ1) is 28.1. The first-order valence-electron chi connectivity index (χ1n) is 14.1. The van der Waals surface area contributed by atoms with Gasteiger partial charge in [0.05, 0.1) is 18.1 Å². The lowest BCUT2D eigenvalue weighted by Crippen LogP contribution is -2.42. The van der Waals surface area contributed by atoms with Gasteiger partial charge in [0.25, 0.3) is 0 Å². The third-order valence-electron chi connectivity index (χ3n) is 7.88. The van der Waals surface area contributed by atoms with E-state index in [2.05, 4.69) is 18.8 Å². The number of aromatic amines is 1. The van der Waals surface area contributed by atoms with Gasteiger partial charge in [-0.3, -0.25) is 14.2 Å². The molecule has 1 N–H and O–H groups in total. The number of hydrogen-bond acceptors (Lipinski definition) is 5. The van der Waals surface area contributed by atoms with Gasteiger partial charge in [-0.2, -0.15) is 0 Å². The van der Waals surface area contributed by atoms with Crippen LogP contribution in [0.25, 0.3) is 11.3 Å². The van der Waals surface area contributed by atoms with Crippen LogP contribution in [0.4, 0.5) is 0 Å². The van der Waals surface area contributed by atoms with Gasteiger partial charge in [-0.1, -0.05) is 56.3 Å². The molecule has 2 aliphatic heterocycles. The number of hydrogen-bond donors (Lipinski definition) is 1. The molecule has 9 heteroatoms. The lowest BCUT2D eigenvalue weighted by atomic mass is 10.0. The summed E-state index contributed by atoms with van der Waals surface area (Å²) in [5.41, 5.74) is 2.70. The minimum atomic E-state index is -0.398. The molecule has 3 heterocycles. The Morgan fingerprint density at radius 1 is 1.07 bits per heavy atom. The van der Waals surface area contributed by atoms with Crippen LogP contribution in [0.15, 0.2) is 65.6 Å². The smallest absolute Gasteiger partial charge is 0.326 e. The Morgan fingerprint density at radius 2 is 1.77 bits per heavy atom. The van der Waals surface area contributed by atoms with Crippen molar-refractivity contribution >= 4 is 23.6 Å². The average molecular weight is 565 g/mol. The van der Waals surface area contributed by atoms with Crippen LogP contribution >= 0.6 is 11.8 Å². The Bertz CT molecular complexity index is 1370. The highest BCUT2D eigenvalue weighted by atomic mass is 32.2. The number of piperidine rings is 1. The third-order valence-corrected chi connectivity index (χ3v) is 9.36. The fraction of sp³-hybridized carbons (Fsp3) is 0.452. The Balaban J connectivity index is 0.00000387. The fourth-order valence-electron chi connectivity index (χ4n) is 5.50.